The first-order valence-electron chi connectivity index (χ1n) is 6.19. The second kappa shape index (κ2) is 5.91. The molecule has 0 aliphatic rings. The number of ether oxygens (including phenoxy) is 1. The molecule has 0 saturated heterocycles. The SMILES string of the molecule is CN(Cc1cc(F)cc(C(F)(F)F)c1)C(=O)OC(C)(C)C. The molecule has 0 aliphatic carbocycles. The van der Waals surface area contributed by atoms with Crippen molar-refractivity contribution in [1.29, 1.82) is 0 Å². The Bertz CT molecular complexity index is 521. The minimum absolute atomic E-state index is 0.0377. The van der Waals surface area contributed by atoms with E-state index in [2.05, 4.69) is 0 Å². The van der Waals surface area contributed by atoms with E-state index < -0.39 is 29.3 Å². The van der Waals surface area contributed by atoms with Crippen LogP contribution in [0.25, 0.3) is 0 Å². The summed E-state index contributed by atoms with van der Waals surface area (Å²) in [5, 5.41) is 0. The van der Waals surface area contributed by atoms with Gasteiger partial charge in [-0.25, -0.2) is 9.18 Å². The lowest BCUT2D eigenvalue weighted by Gasteiger charge is -2.24. The molecular formula is C14H17F4NO2. The molecule has 1 aromatic rings. The van der Waals surface area contributed by atoms with Gasteiger partial charge < -0.3 is 9.64 Å². The molecule has 0 aliphatic heterocycles. The molecule has 0 fully saturated rings. The zero-order valence-electron chi connectivity index (χ0n) is 12.2. The second-order valence-corrected chi connectivity index (χ2v) is 5.68. The highest BCUT2D eigenvalue weighted by molar-refractivity contribution is 5.67. The van der Waals surface area contributed by atoms with E-state index >= 15 is 0 Å². The lowest BCUT2D eigenvalue weighted by atomic mass is 10.1. The number of hydrogen-bond donors (Lipinski definition) is 0. The van der Waals surface area contributed by atoms with Crippen LogP contribution in [0, 0.1) is 5.82 Å². The van der Waals surface area contributed by atoms with Crippen LogP contribution in [-0.2, 0) is 17.5 Å². The standard InChI is InChI=1S/C14H17F4NO2/c1-13(2,3)21-12(20)19(4)8-9-5-10(14(16,17)18)7-11(15)6-9/h5-7H,8H2,1-4H3. The third kappa shape index (κ3) is 5.61. The van der Waals surface area contributed by atoms with Crippen molar-refractivity contribution < 1.29 is 27.1 Å². The van der Waals surface area contributed by atoms with Crippen LogP contribution in [0.4, 0.5) is 22.4 Å². The summed E-state index contributed by atoms with van der Waals surface area (Å²) < 4.78 is 56.1. The Morgan fingerprint density at radius 1 is 1.19 bits per heavy atom. The number of carbonyl (C=O) groups is 1. The van der Waals surface area contributed by atoms with Crippen LogP contribution in [0.5, 0.6) is 0 Å². The van der Waals surface area contributed by atoms with Crippen LogP contribution in [0.1, 0.15) is 31.9 Å². The fourth-order valence-corrected chi connectivity index (χ4v) is 1.58. The van der Waals surface area contributed by atoms with Crippen LogP contribution >= 0.6 is 0 Å². The summed E-state index contributed by atoms with van der Waals surface area (Å²) in [5.74, 6) is -1.00. The Morgan fingerprint density at radius 3 is 2.24 bits per heavy atom. The van der Waals surface area contributed by atoms with Gasteiger partial charge >= 0.3 is 12.3 Å². The van der Waals surface area contributed by atoms with Crippen LogP contribution in [-0.4, -0.2) is 23.6 Å². The average molecular weight is 307 g/mol. The van der Waals surface area contributed by atoms with Crippen molar-refractivity contribution in [1.82, 2.24) is 4.90 Å². The molecule has 0 unspecified atom stereocenters. The number of benzene rings is 1. The van der Waals surface area contributed by atoms with E-state index in [1.54, 1.807) is 20.8 Å². The Kier molecular flexibility index (Phi) is 4.86. The Hall–Kier alpha value is -1.79. The molecule has 21 heavy (non-hydrogen) atoms. The number of nitrogens with zero attached hydrogens (tertiary/aromatic N) is 1. The molecule has 7 heteroatoms. The van der Waals surface area contributed by atoms with Crippen molar-refractivity contribution in [3.8, 4) is 0 Å². The van der Waals surface area contributed by atoms with Crippen molar-refractivity contribution in [2.24, 2.45) is 0 Å². The van der Waals surface area contributed by atoms with Gasteiger partial charge in [0.15, 0.2) is 0 Å². The fraction of sp³-hybridized carbons (Fsp3) is 0.500. The van der Waals surface area contributed by atoms with Crippen molar-refractivity contribution in [2.75, 3.05) is 7.05 Å². The van der Waals surface area contributed by atoms with E-state index in [0.717, 1.165) is 17.0 Å². The largest absolute Gasteiger partial charge is 0.444 e. The van der Waals surface area contributed by atoms with Crippen molar-refractivity contribution in [3.05, 3.63) is 35.1 Å². The predicted octanol–water partition coefficient (Wildman–Crippen LogP) is 4.21. The summed E-state index contributed by atoms with van der Waals surface area (Å²) in [7, 11) is 1.37. The highest BCUT2D eigenvalue weighted by Gasteiger charge is 2.31. The minimum Gasteiger partial charge on any atom is -0.444 e. The summed E-state index contributed by atoms with van der Waals surface area (Å²) in [4.78, 5) is 12.8. The lowest BCUT2D eigenvalue weighted by molar-refractivity contribution is -0.137. The molecule has 0 atom stereocenters. The third-order valence-corrected chi connectivity index (χ3v) is 2.41. The quantitative estimate of drug-likeness (QED) is 0.766. The summed E-state index contributed by atoms with van der Waals surface area (Å²) in [6, 6.07) is 2.18. The molecule has 3 nitrogen and oxygen atoms in total. The lowest BCUT2D eigenvalue weighted by Crippen LogP contribution is -2.33. The highest BCUT2D eigenvalue weighted by atomic mass is 19.4. The van der Waals surface area contributed by atoms with Crippen molar-refractivity contribution in [2.45, 2.75) is 39.1 Å². The van der Waals surface area contributed by atoms with Gasteiger partial charge in [0.2, 0.25) is 0 Å². The van der Waals surface area contributed by atoms with E-state index in [9.17, 15) is 22.4 Å². The second-order valence-electron chi connectivity index (χ2n) is 5.68. The maximum absolute atomic E-state index is 13.2. The molecule has 0 spiro atoms. The maximum atomic E-state index is 13.2. The van der Waals surface area contributed by atoms with Gasteiger partial charge in [0.25, 0.3) is 0 Å². The summed E-state index contributed by atoms with van der Waals surface area (Å²) in [5.41, 5.74) is -1.77. The molecule has 0 aromatic heterocycles. The molecule has 1 amide bonds. The van der Waals surface area contributed by atoms with Gasteiger partial charge in [0.05, 0.1) is 5.56 Å². The zero-order valence-corrected chi connectivity index (χ0v) is 12.2. The van der Waals surface area contributed by atoms with Crippen LogP contribution in [0.15, 0.2) is 18.2 Å². The minimum atomic E-state index is -4.64. The zero-order chi connectivity index (χ0) is 16.4. The van der Waals surface area contributed by atoms with Gasteiger partial charge in [0, 0.05) is 13.6 Å². The number of alkyl halides is 3. The fourth-order valence-electron chi connectivity index (χ4n) is 1.58. The third-order valence-electron chi connectivity index (χ3n) is 2.41. The van der Waals surface area contributed by atoms with Gasteiger partial charge in [-0.1, -0.05) is 0 Å². The topological polar surface area (TPSA) is 29.5 Å². The van der Waals surface area contributed by atoms with Gasteiger partial charge in [-0.2, -0.15) is 13.2 Å². The average Bonchev–Trinajstić information content (AvgIpc) is 2.24. The summed E-state index contributed by atoms with van der Waals surface area (Å²) in [6.45, 7) is 4.82. The first-order valence-corrected chi connectivity index (χ1v) is 6.19. The smallest absolute Gasteiger partial charge is 0.416 e. The molecule has 0 bridgehead atoms. The first-order chi connectivity index (χ1) is 9.38. The molecule has 0 saturated carbocycles. The van der Waals surface area contributed by atoms with E-state index in [1.165, 1.54) is 7.05 Å². The van der Waals surface area contributed by atoms with Gasteiger partial charge in [-0.05, 0) is 44.5 Å². The molecule has 0 radical (unpaired) electrons. The Morgan fingerprint density at radius 2 is 1.76 bits per heavy atom. The van der Waals surface area contributed by atoms with E-state index in [0.29, 0.717) is 6.07 Å². The number of rotatable bonds is 2. The van der Waals surface area contributed by atoms with Gasteiger partial charge in [-0.15, -0.1) is 0 Å². The molecule has 1 aromatic carbocycles. The van der Waals surface area contributed by atoms with Crippen LogP contribution in [0.3, 0.4) is 0 Å². The first kappa shape index (κ1) is 17.3. The Labute approximate surface area is 120 Å². The van der Waals surface area contributed by atoms with Gasteiger partial charge in [-0.3, -0.25) is 0 Å². The maximum Gasteiger partial charge on any atom is 0.416 e. The summed E-state index contributed by atoms with van der Waals surface area (Å²) in [6.07, 6.45) is -5.33. The molecule has 118 valence electrons. The molecule has 1 rings (SSSR count). The van der Waals surface area contributed by atoms with Gasteiger partial charge in [0.1, 0.15) is 11.4 Å². The highest BCUT2D eigenvalue weighted by Crippen LogP contribution is 2.30. The number of hydrogen-bond acceptors (Lipinski definition) is 2. The molecule has 0 heterocycles. The molecule has 0 N–H and O–H groups in total. The number of halogens is 4. The van der Waals surface area contributed by atoms with E-state index in [1.807, 2.05) is 0 Å². The normalized spacial score (nSPS) is 12.2. The molecular weight excluding hydrogens is 290 g/mol. The number of amides is 1. The van der Waals surface area contributed by atoms with E-state index in [4.69, 9.17) is 4.74 Å². The Balaban J connectivity index is 2.88. The monoisotopic (exact) mass is 307 g/mol. The van der Waals surface area contributed by atoms with Crippen LogP contribution in [0.2, 0.25) is 0 Å². The van der Waals surface area contributed by atoms with E-state index in [-0.39, 0.29) is 12.1 Å². The summed E-state index contributed by atoms with van der Waals surface area (Å²) >= 11 is 0. The van der Waals surface area contributed by atoms with Crippen molar-refractivity contribution in [3.63, 3.8) is 0 Å². The van der Waals surface area contributed by atoms with Crippen LogP contribution < -0.4 is 0 Å². The van der Waals surface area contributed by atoms with Crippen molar-refractivity contribution >= 4 is 6.09 Å². The number of carbonyl (C=O) groups excluding carboxylic acids is 1. The predicted molar refractivity (Wildman–Crippen MR) is 69.1 cm³/mol.